The fourth-order valence-electron chi connectivity index (χ4n) is 2.60. The first-order valence-corrected chi connectivity index (χ1v) is 8.88. The van der Waals surface area contributed by atoms with Crippen molar-refractivity contribution in [2.24, 2.45) is 0 Å². The predicted molar refractivity (Wildman–Crippen MR) is 103 cm³/mol. The number of rotatable bonds is 12. The second-order valence-corrected chi connectivity index (χ2v) is 6.12. The van der Waals surface area contributed by atoms with E-state index in [0.717, 1.165) is 16.9 Å². The van der Waals surface area contributed by atoms with Crippen molar-refractivity contribution in [3.63, 3.8) is 0 Å². The molecule has 0 aliphatic rings. The maximum atomic E-state index is 10.3. The number of benzene rings is 2. The first-order chi connectivity index (χ1) is 12.7. The van der Waals surface area contributed by atoms with Crippen LogP contribution in [0.3, 0.4) is 0 Å². The zero-order valence-corrected chi connectivity index (χ0v) is 15.3. The molecular weight excluding hydrogens is 328 g/mol. The average Bonchev–Trinajstić information content (AvgIpc) is 2.68. The van der Waals surface area contributed by atoms with E-state index in [2.05, 4.69) is 6.58 Å². The van der Waals surface area contributed by atoms with Gasteiger partial charge in [0.15, 0.2) is 0 Å². The summed E-state index contributed by atoms with van der Waals surface area (Å²) in [4.78, 5) is 0. The smallest absolute Gasteiger partial charge is 0.118 e. The van der Waals surface area contributed by atoms with E-state index in [0.29, 0.717) is 32.7 Å². The molecule has 0 radical (unpaired) electrons. The predicted octanol–water partition coefficient (Wildman–Crippen LogP) is 4.12. The minimum Gasteiger partial charge on any atom is -0.497 e. The summed E-state index contributed by atoms with van der Waals surface area (Å²) >= 11 is 0. The van der Waals surface area contributed by atoms with E-state index in [9.17, 15) is 5.11 Å². The molecule has 4 heteroatoms. The van der Waals surface area contributed by atoms with Crippen molar-refractivity contribution in [3.8, 4) is 5.75 Å². The van der Waals surface area contributed by atoms with Crippen molar-refractivity contribution in [1.29, 1.82) is 0 Å². The van der Waals surface area contributed by atoms with Gasteiger partial charge in [0.1, 0.15) is 5.75 Å². The molecule has 0 saturated carbocycles. The first-order valence-electron chi connectivity index (χ1n) is 8.88. The highest BCUT2D eigenvalue weighted by atomic mass is 16.5. The molecule has 2 aromatic rings. The molecular formula is C22H28O4. The number of methoxy groups -OCH3 is 1. The van der Waals surface area contributed by atoms with Gasteiger partial charge >= 0.3 is 0 Å². The Bertz CT molecular complexity index is 624. The molecule has 26 heavy (non-hydrogen) atoms. The topological polar surface area (TPSA) is 47.9 Å². The second-order valence-electron chi connectivity index (χ2n) is 6.12. The lowest BCUT2D eigenvalue weighted by Gasteiger charge is -2.23. The van der Waals surface area contributed by atoms with Crippen molar-refractivity contribution in [2.75, 3.05) is 13.7 Å². The molecule has 4 nitrogen and oxygen atoms in total. The molecule has 0 aromatic heterocycles. The van der Waals surface area contributed by atoms with Gasteiger partial charge in [-0.2, -0.15) is 0 Å². The van der Waals surface area contributed by atoms with Crippen LogP contribution in [0.1, 0.15) is 24.0 Å². The summed E-state index contributed by atoms with van der Waals surface area (Å²) in [5, 5.41) is 10.3. The summed E-state index contributed by atoms with van der Waals surface area (Å²) in [5.41, 5.74) is 2.17. The first kappa shape index (κ1) is 20.2. The zero-order valence-electron chi connectivity index (χ0n) is 15.3. The number of hydrogen-bond acceptors (Lipinski definition) is 4. The summed E-state index contributed by atoms with van der Waals surface area (Å²) in [7, 11) is 1.65. The molecule has 0 amide bonds. The van der Waals surface area contributed by atoms with Crippen molar-refractivity contribution in [3.05, 3.63) is 78.4 Å². The number of hydrogen-bond donors (Lipinski definition) is 1. The van der Waals surface area contributed by atoms with E-state index in [1.165, 1.54) is 0 Å². The highest BCUT2D eigenvalue weighted by Crippen LogP contribution is 2.15. The van der Waals surface area contributed by atoms with Gasteiger partial charge in [0, 0.05) is 6.61 Å². The molecule has 1 N–H and O–H groups in total. The molecule has 0 aliphatic heterocycles. The van der Waals surface area contributed by atoms with Crippen LogP contribution >= 0.6 is 0 Å². The van der Waals surface area contributed by atoms with Crippen LogP contribution < -0.4 is 4.74 Å². The van der Waals surface area contributed by atoms with E-state index >= 15 is 0 Å². The van der Waals surface area contributed by atoms with E-state index in [1.807, 2.05) is 54.6 Å². The Kier molecular flexibility index (Phi) is 8.90. The van der Waals surface area contributed by atoms with Gasteiger partial charge in [-0.25, -0.2) is 0 Å². The van der Waals surface area contributed by atoms with E-state index < -0.39 is 6.10 Å². The summed E-state index contributed by atoms with van der Waals surface area (Å²) < 4.78 is 16.8. The normalized spacial score (nSPS) is 13.2. The number of aliphatic hydroxyl groups excluding tert-OH is 1. The Morgan fingerprint density at radius 3 is 2.35 bits per heavy atom. The minimum atomic E-state index is -0.583. The molecule has 2 atom stereocenters. The number of aliphatic hydroxyl groups is 1. The summed E-state index contributed by atoms with van der Waals surface area (Å²) in [6.45, 7) is 5.20. The van der Waals surface area contributed by atoms with Crippen LogP contribution in [0.25, 0.3) is 0 Å². The van der Waals surface area contributed by atoms with Crippen molar-refractivity contribution < 1.29 is 19.3 Å². The summed E-state index contributed by atoms with van der Waals surface area (Å²) in [6.07, 6.45) is 1.96. The van der Waals surface area contributed by atoms with Crippen LogP contribution in [0.5, 0.6) is 5.75 Å². The van der Waals surface area contributed by atoms with Crippen molar-refractivity contribution >= 4 is 0 Å². The third-order valence-electron chi connectivity index (χ3n) is 4.12. The fourth-order valence-corrected chi connectivity index (χ4v) is 2.60. The highest BCUT2D eigenvalue weighted by Gasteiger charge is 2.18. The molecule has 0 saturated heterocycles. The Labute approximate surface area is 156 Å². The van der Waals surface area contributed by atoms with Crippen LogP contribution in [0, 0.1) is 0 Å². The third-order valence-corrected chi connectivity index (χ3v) is 4.12. The lowest BCUT2D eigenvalue weighted by Crippen LogP contribution is -2.30. The molecule has 0 bridgehead atoms. The molecule has 140 valence electrons. The lowest BCUT2D eigenvalue weighted by molar-refractivity contribution is -0.0606. The monoisotopic (exact) mass is 356 g/mol. The zero-order chi connectivity index (χ0) is 18.6. The Hall–Kier alpha value is -2.14. The maximum absolute atomic E-state index is 10.3. The lowest BCUT2D eigenvalue weighted by atomic mass is 10.1. The third kappa shape index (κ3) is 7.00. The van der Waals surface area contributed by atoms with Gasteiger partial charge in [-0.1, -0.05) is 48.5 Å². The van der Waals surface area contributed by atoms with Gasteiger partial charge in [-0.3, -0.25) is 0 Å². The van der Waals surface area contributed by atoms with Gasteiger partial charge < -0.3 is 19.3 Å². The maximum Gasteiger partial charge on any atom is 0.118 e. The molecule has 0 heterocycles. The van der Waals surface area contributed by atoms with Crippen LogP contribution in [-0.4, -0.2) is 31.0 Å². The standard InChI is InChI=1S/C22H28O4/c1-3-7-21(23)22(26-17-18-8-5-4-6-9-18)14-15-25-16-19-10-12-20(24-2)13-11-19/h3-6,8-13,21-23H,1,7,14-17H2,2H3/t21-,22-/m0/s1. The average molecular weight is 356 g/mol. The molecule has 0 fully saturated rings. The molecule has 2 aromatic carbocycles. The van der Waals surface area contributed by atoms with E-state index in [1.54, 1.807) is 13.2 Å². The van der Waals surface area contributed by atoms with E-state index in [4.69, 9.17) is 14.2 Å². The molecule has 0 aliphatic carbocycles. The molecule has 2 rings (SSSR count). The van der Waals surface area contributed by atoms with Crippen LogP contribution in [-0.2, 0) is 22.7 Å². The Balaban J connectivity index is 1.78. The van der Waals surface area contributed by atoms with Crippen LogP contribution in [0.2, 0.25) is 0 Å². The van der Waals surface area contributed by atoms with Gasteiger partial charge in [0.25, 0.3) is 0 Å². The van der Waals surface area contributed by atoms with Crippen LogP contribution in [0.4, 0.5) is 0 Å². The Morgan fingerprint density at radius 1 is 1.00 bits per heavy atom. The Morgan fingerprint density at radius 2 is 1.69 bits per heavy atom. The van der Waals surface area contributed by atoms with Gasteiger partial charge in [-0.05, 0) is 36.1 Å². The largest absolute Gasteiger partial charge is 0.497 e. The SMILES string of the molecule is C=CC[C@H](O)[C@H](CCOCc1ccc(OC)cc1)OCc1ccccc1. The second kappa shape index (κ2) is 11.5. The minimum absolute atomic E-state index is 0.288. The van der Waals surface area contributed by atoms with Gasteiger partial charge in [0.2, 0.25) is 0 Å². The van der Waals surface area contributed by atoms with Crippen molar-refractivity contribution in [1.82, 2.24) is 0 Å². The highest BCUT2D eigenvalue weighted by molar-refractivity contribution is 5.26. The quantitative estimate of drug-likeness (QED) is 0.459. The van der Waals surface area contributed by atoms with Gasteiger partial charge in [0.05, 0.1) is 32.5 Å². The molecule has 0 unspecified atom stereocenters. The van der Waals surface area contributed by atoms with Gasteiger partial charge in [-0.15, -0.1) is 6.58 Å². The van der Waals surface area contributed by atoms with Crippen molar-refractivity contribution in [2.45, 2.75) is 38.3 Å². The van der Waals surface area contributed by atoms with Crippen LogP contribution in [0.15, 0.2) is 67.3 Å². The fraction of sp³-hybridized carbons (Fsp3) is 0.364. The summed E-state index contributed by atoms with van der Waals surface area (Å²) in [6, 6.07) is 17.7. The number of ether oxygens (including phenoxy) is 3. The summed E-state index contributed by atoms with van der Waals surface area (Å²) in [5.74, 6) is 0.829. The van der Waals surface area contributed by atoms with E-state index in [-0.39, 0.29) is 6.10 Å². The molecule has 0 spiro atoms.